The van der Waals surface area contributed by atoms with Crippen LogP contribution >= 0.6 is 11.3 Å². The summed E-state index contributed by atoms with van der Waals surface area (Å²) in [5, 5.41) is 15.9. The van der Waals surface area contributed by atoms with Crippen LogP contribution in [0.4, 0.5) is 5.82 Å². The van der Waals surface area contributed by atoms with E-state index in [1.807, 2.05) is 36.7 Å². The van der Waals surface area contributed by atoms with Gasteiger partial charge in [-0.3, -0.25) is 4.79 Å². The van der Waals surface area contributed by atoms with Gasteiger partial charge in [0, 0.05) is 37.6 Å². The molecule has 0 saturated carbocycles. The van der Waals surface area contributed by atoms with Gasteiger partial charge in [-0.05, 0) is 24.4 Å². The zero-order chi connectivity index (χ0) is 19.3. The van der Waals surface area contributed by atoms with Crippen molar-refractivity contribution in [2.45, 2.75) is 6.92 Å². The molecule has 28 heavy (non-hydrogen) atoms. The molecule has 2 N–H and O–H groups in total. The molecule has 0 bridgehead atoms. The number of nitrogens with zero attached hydrogens (tertiary/aromatic N) is 5. The van der Waals surface area contributed by atoms with Crippen LogP contribution in [0.3, 0.4) is 0 Å². The number of aryl methyl sites for hydroxylation is 1. The molecule has 0 aliphatic carbocycles. The van der Waals surface area contributed by atoms with Crippen molar-refractivity contribution in [2.24, 2.45) is 0 Å². The summed E-state index contributed by atoms with van der Waals surface area (Å²) >= 11 is 1.53. The lowest BCUT2D eigenvalue weighted by Crippen LogP contribution is -2.29. The van der Waals surface area contributed by atoms with Crippen molar-refractivity contribution in [1.82, 2.24) is 30.2 Å². The summed E-state index contributed by atoms with van der Waals surface area (Å²) in [6, 6.07) is 9.10. The Hall–Kier alpha value is -3.53. The Morgan fingerprint density at radius 1 is 1.25 bits per heavy atom. The Balaban J connectivity index is 1.31. The van der Waals surface area contributed by atoms with Gasteiger partial charge >= 0.3 is 0 Å². The number of anilines is 1. The summed E-state index contributed by atoms with van der Waals surface area (Å²) in [4.78, 5) is 21.8. The van der Waals surface area contributed by atoms with Gasteiger partial charge in [0.15, 0.2) is 17.3 Å². The molecule has 0 fully saturated rings. The Labute approximate surface area is 164 Å². The fourth-order valence-corrected chi connectivity index (χ4v) is 3.21. The second-order valence-corrected chi connectivity index (χ2v) is 6.79. The number of hydrogen-bond acceptors (Lipinski definition) is 8. The van der Waals surface area contributed by atoms with Gasteiger partial charge in [0.05, 0.1) is 4.88 Å². The third-order valence-electron chi connectivity index (χ3n) is 3.79. The first-order valence-corrected chi connectivity index (χ1v) is 9.45. The van der Waals surface area contributed by atoms with Gasteiger partial charge in [0.25, 0.3) is 5.91 Å². The molecule has 0 unspecified atom stereocenters. The highest BCUT2D eigenvalue weighted by Gasteiger charge is 2.13. The molecule has 0 aliphatic rings. The Morgan fingerprint density at radius 2 is 2.18 bits per heavy atom. The van der Waals surface area contributed by atoms with E-state index in [4.69, 9.17) is 4.52 Å². The van der Waals surface area contributed by atoms with Crippen LogP contribution in [-0.4, -0.2) is 43.9 Å². The van der Waals surface area contributed by atoms with Crippen molar-refractivity contribution in [2.75, 3.05) is 18.4 Å². The summed E-state index contributed by atoms with van der Waals surface area (Å²) in [6.07, 6.45) is 3.50. The lowest BCUT2D eigenvalue weighted by atomic mass is 10.3. The number of thiophene rings is 1. The highest BCUT2D eigenvalue weighted by Crippen LogP contribution is 2.25. The molecule has 0 aromatic carbocycles. The van der Waals surface area contributed by atoms with Gasteiger partial charge in [-0.1, -0.05) is 11.2 Å². The van der Waals surface area contributed by atoms with Crippen LogP contribution in [-0.2, 0) is 0 Å². The first kappa shape index (κ1) is 17.9. The molecule has 0 saturated heterocycles. The highest BCUT2D eigenvalue weighted by molar-refractivity contribution is 7.13. The summed E-state index contributed by atoms with van der Waals surface area (Å²) in [5.41, 5.74) is 0.252. The van der Waals surface area contributed by atoms with E-state index in [1.165, 1.54) is 11.3 Å². The lowest BCUT2D eigenvalue weighted by molar-refractivity contribution is 0.0946. The fraction of sp³-hybridized carbons (Fsp3) is 0.167. The molecule has 0 aliphatic heterocycles. The van der Waals surface area contributed by atoms with Gasteiger partial charge in [0.1, 0.15) is 11.6 Å². The average Bonchev–Trinajstić information content (AvgIpc) is 3.46. The first-order chi connectivity index (χ1) is 13.7. The van der Waals surface area contributed by atoms with Crippen LogP contribution < -0.4 is 10.6 Å². The Morgan fingerprint density at radius 3 is 2.96 bits per heavy atom. The van der Waals surface area contributed by atoms with E-state index in [9.17, 15) is 4.79 Å². The topological polar surface area (TPSA) is 111 Å². The number of amides is 1. The van der Waals surface area contributed by atoms with Gasteiger partial charge in [-0.25, -0.2) is 14.6 Å². The van der Waals surface area contributed by atoms with Gasteiger partial charge < -0.3 is 15.2 Å². The number of nitrogens with one attached hydrogen (secondary N) is 2. The number of carbonyl (C=O) groups is 1. The molecule has 0 radical (unpaired) electrons. The van der Waals surface area contributed by atoms with Gasteiger partial charge in [-0.2, -0.15) is 5.10 Å². The Kier molecular flexibility index (Phi) is 5.11. The van der Waals surface area contributed by atoms with Crippen LogP contribution in [0.2, 0.25) is 0 Å². The van der Waals surface area contributed by atoms with E-state index < -0.39 is 0 Å². The third kappa shape index (κ3) is 4.07. The Bertz CT molecular complexity index is 1060. The quantitative estimate of drug-likeness (QED) is 0.463. The number of aromatic nitrogens is 5. The summed E-state index contributed by atoms with van der Waals surface area (Å²) in [7, 11) is 0. The van der Waals surface area contributed by atoms with Crippen molar-refractivity contribution in [3.63, 3.8) is 0 Å². The minimum absolute atomic E-state index is 0.252. The molecular formula is C18H17N7O2S. The summed E-state index contributed by atoms with van der Waals surface area (Å²) in [6.45, 7) is 2.71. The maximum Gasteiger partial charge on any atom is 0.273 e. The van der Waals surface area contributed by atoms with E-state index in [0.717, 1.165) is 4.88 Å². The second-order valence-electron chi connectivity index (χ2n) is 5.85. The maximum atomic E-state index is 12.2. The smallest absolute Gasteiger partial charge is 0.273 e. The molecule has 10 heteroatoms. The monoisotopic (exact) mass is 395 g/mol. The van der Waals surface area contributed by atoms with E-state index in [-0.39, 0.29) is 11.6 Å². The molecule has 142 valence electrons. The van der Waals surface area contributed by atoms with Gasteiger partial charge in [0.2, 0.25) is 0 Å². The largest absolute Gasteiger partial charge is 0.368 e. The van der Waals surface area contributed by atoms with Crippen LogP contribution in [0.25, 0.3) is 16.5 Å². The predicted octanol–water partition coefficient (Wildman–Crippen LogP) is 2.53. The molecule has 1 amide bonds. The van der Waals surface area contributed by atoms with Crippen molar-refractivity contribution >= 4 is 23.1 Å². The molecule has 4 rings (SSSR count). The zero-order valence-corrected chi connectivity index (χ0v) is 15.8. The predicted molar refractivity (Wildman–Crippen MR) is 105 cm³/mol. The van der Waals surface area contributed by atoms with E-state index in [0.29, 0.717) is 36.3 Å². The van der Waals surface area contributed by atoms with Crippen LogP contribution in [0.5, 0.6) is 0 Å². The first-order valence-electron chi connectivity index (χ1n) is 8.57. The molecule has 4 aromatic heterocycles. The summed E-state index contributed by atoms with van der Waals surface area (Å²) < 4.78 is 6.89. The third-order valence-corrected chi connectivity index (χ3v) is 4.67. The zero-order valence-electron chi connectivity index (χ0n) is 15.0. The van der Waals surface area contributed by atoms with E-state index in [1.54, 1.807) is 23.0 Å². The van der Waals surface area contributed by atoms with Crippen molar-refractivity contribution in [3.05, 3.63) is 59.6 Å². The number of hydrogen-bond donors (Lipinski definition) is 2. The van der Waals surface area contributed by atoms with E-state index in [2.05, 4.69) is 30.9 Å². The van der Waals surface area contributed by atoms with Crippen LogP contribution in [0, 0.1) is 6.92 Å². The summed E-state index contributed by atoms with van der Waals surface area (Å²) in [5.74, 6) is 2.26. The average molecular weight is 395 g/mol. The molecule has 4 heterocycles. The maximum absolute atomic E-state index is 12.2. The molecule has 9 nitrogen and oxygen atoms in total. The number of rotatable bonds is 7. The van der Waals surface area contributed by atoms with Crippen LogP contribution in [0.1, 0.15) is 16.3 Å². The van der Waals surface area contributed by atoms with Crippen molar-refractivity contribution < 1.29 is 9.32 Å². The lowest BCUT2D eigenvalue weighted by Gasteiger charge is -2.09. The minimum Gasteiger partial charge on any atom is -0.368 e. The van der Waals surface area contributed by atoms with Crippen molar-refractivity contribution in [3.8, 4) is 16.5 Å². The molecule has 0 atom stereocenters. The SMILES string of the molecule is Cc1nc(NCCNC(=O)c2cc(-c3cccs3)on2)cc(-n2cccn2)n1. The molecule has 4 aromatic rings. The van der Waals surface area contributed by atoms with E-state index >= 15 is 0 Å². The fourth-order valence-electron chi connectivity index (χ4n) is 2.54. The number of carbonyl (C=O) groups excluding carboxylic acids is 1. The normalized spacial score (nSPS) is 10.8. The van der Waals surface area contributed by atoms with Gasteiger partial charge in [-0.15, -0.1) is 11.3 Å². The second kappa shape index (κ2) is 8.01. The standard InChI is InChI=1S/C18H17N7O2S/c1-12-22-16(11-17(23-12)25-8-3-5-21-25)19-6-7-20-18(26)13-10-14(27-24-13)15-4-2-9-28-15/h2-5,8-11H,6-7H2,1H3,(H,20,26)(H,19,22,23). The van der Waals surface area contributed by atoms with Crippen LogP contribution in [0.15, 0.2) is 52.6 Å². The molecular weight excluding hydrogens is 378 g/mol. The minimum atomic E-state index is -0.288. The van der Waals surface area contributed by atoms with Crippen molar-refractivity contribution in [1.29, 1.82) is 0 Å². The molecule has 0 spiro atoms. The highest BCUT2D eigenvalue weighted by atomic mass is 32.1.